The molecule has 0 saturated heterocycles. The van der Waals surface area contributed by atoms with Crippen LogP contribution < -0.4 is 10.6 Å². The molecular weight excluding hydrogens is 559 g/mol. The molecule has 0 radical (unpaired) electrons. The van der Waals surface area contributed by atoms with E-state index in [1.54, 1.807) is 19.1 Å². The van der Waals surface area contributed by atoms with Crippen molar-refractivity contribution in [3.05, 3.63) is 94.1 Å². The normalized spacial score (nSPS) is 11.9. The van der Waals surface area contributed by atoms with Crippen molar-refractivity contribution >= 4 is 56.6 Å². The zero-order chi connectivity index (χ0) is 28.4. The highest BCUT2D eigenvalue weighted by Crippen LogP contribution is 2.36. The SMILES string of the molecule is CC(=O)Cn1c(C(=O)NCc2cnoc2)nc(NC(=O)c2nsc3ccccc23)c1[C@H](C)c1cc(F)ccc1Cl. The molecule has 204 valence electrons. The molecule has 13 heteroatoms. The third-order valence-corrected chi connectivity index (χ3v) is 7.36. The largest absolute Gasteiger partial charge is 0.364 e. The maximum Gasteiger partial charge on any atom is 0.287 e. The Morgan fingerprint density at radius 2 is 1.98 bits per heavy atom. The van der Waals surface area contributed by atoms with Crippen LogP contribution in [0.25, 0.3) is 10.1 Å². The smallest absolute Gasteiger partial charge is 0.287 e. The number of hydrogen-bond donors (Lipinski definition) is 2. The Morgan fingerprint density at radius 1 is 1.18 bits per heavy atom. The van der Waals surface area contributed by atoms with Crippen LogP contribution in [0.2, 0.25) is 5.02 Å². The van der Waals surface area contributed by atoms with Gasteiger partial charge in [-0.25, -0.2) is 9.37 Å². The average Bonchev–Trinajstić information content (AvgIpc) is 3.67. The molecule has 5 aromatic rings. The van der Waals surface area contributed by atoms with Crippen LogP contribution >= 0.6 is 23.1 Å². The maximum absolute atomic E-state index is 14.3. The van der Waals surface area contributed by atoms with E-state index in [1.165, 1.54) is 53.7 Å². The molecule has 10 nitrogen and oxygen atoms in total. The van der Waals surface area contributed by atoms with Gasteiger partial charge in [-0.15, -0.1) is 0 Å². The van der Waals surface area contributed by atoms with Crippen LogP contribution in [0.15, 0.2) is 59.4 Å². The summed E-state index contributed by atoms with van der Waals surface area (Å²) in [6, 6.07) is 11.2. The summed E-state index contributed by atoms with van der Waals surface area (Å²) in [5.41, 5.74) is 1.48. The second-order valence-corrected chi connectivity index (χ2v) is 10.3. The first-order valence-electron chi connectivity index (χ1n) is 12.1. The number of nitrogens with one attached hydrogen (secondary N) is 2. The Kier molecular flexibility index (Phi) is 7.71. The van der Waals surface area contributed by atoms with Crippen LogP contribution in [0, 0.1) is 5.82 Å². The molecule has 40 heavy (non-hydrogen) atoms. The van der Waals surface area contributed by atoms with Crippen molar-refractivity contribution in [1.82, 2.24) is 24.4 Å². The number of aromatic nitrogens is 4. The standard InChI is InChI=1S/C27H22ClFN6O4S/c1-14(36)12-35-23(15(2)19-9-17(29)7-8-20(19)28)24(32-25(35)27(38)30-10-16-11-31-39-13-16)33-26(37)22-18-5-3-4-6-21(18)40-34-22/h3-9,11,13,15H,10,12H2,1-2H3,(H,30,38)(H,33,37)/t15-/m1/s1. The number of Topliss-reactive ketones (excluding diaryl/α,β-unsaturated/α-hetero) is 1. The molecular formula is C27H22ClFN6O4S. The van der Waals surface area contributed by atoms with E-state index in [0.29, 0.717) is 22.2 Å². The number of carbonyl (C=O) groups is 3. The molecule has 0 aliphatic carbocycles. The summed E-state index contributed by atoms with van der Waals surface area (Å²) < 4.78 is 25.6. The predicted octanol–water partition coefficient (Wildman–Crippen LogP) is 5.20. The number of nitrogens with zero attached hydrogens (tertiary/aromatic N) is 4. The number of rotatable bonds is 9. The van der Waals surface area contributed by atoms with Crippen molar-refractivity contribution in [2.45, 2.75) is 32.9 Å². The van der Waals surface area contributed by atoms with Gasteiger partial charge in [-0.1, -0.05) is 41.9 Å². The number of carbonyl (C=O) groups excluding carboxylic acids is 3. The molecule has 0 fully saturated rings. The molecule has 0 bridgehead atoms. The Hall–Kier alpha value is -4.42. The summed E-state index contributed by atoms with van der Waals surface area (Å²) in [6.07, 6.45) is 2.83. The number of benzene rings is 2. The zero-order valence-electron chi connectivity index (χ0n) is 21.3. The summed E-state index contributed by atoms with van der Waals surface area (Å²) in [6.45, 7) is 2.94. The number of halogens is 2. The van der Waals surface area contributed by atoms with E-state index in [4.69, 9.17) is 16.1 Å². The fourth-order valence-corrected chi connectivity index (χ4v) is 5.39. The van der Waals surface area contributed by atoms with Crippen LogP contribution in [0.4, 0.5) is 10.2 Å². The van der Waals surface area contributed by atoms with Gasteiger partial charge in [-0.2, -0.15) is 4.37 Å². The van der Waals surface area contributed by atoms with Crippen molar-refractivity contribution in [2.75, 3.05) is 5.32 Å². The zero-order valence-corrected chi connectivity index (χ0v) is 22.8. The van der Waals surface area contributed by atoms with E-state index in [1.807, 2.05) is 12.1 Å². The van der Waals surface area contributed by atoms with Crippen LogP contribution in [-0.2, 0) is 17.9 Å². The van der Waals surface area contributed by atoms with E-state index in [-0.39, 0.29) is 41.2 Å². The van der Waals surface area contributed by atoms with Gasteiger partial charge in [0, 0.05) is 28.4 Å². The monoisotopic (exact) mass is 580 g/mol. The molecule has 1 atom stereocenters. The molecule has 0 saturated carbocycles. The molecule has 5 rings (SSSR count). The number of ketones is 1. The van der Waals surface area contributed by atoms with Gasteiger partial charge in [0.05, 0.1) is 23.1 Å². The molecule has 3 aromatic heterocycles. The fraction of sp³-hybridized carbons (Fsp3) is 0.185. The minimum absolute atomic E-state index is 0.0197. The van der Waals surface area contributed by atoms with Crippen molar-refractivity contribution in [3.63, 3.8) is 0 Å². The lowest BCUT2D eigenvalue weighted by molar-refractivity contribution is -0.117. The maximum atomic E-state index is 14.3. The van der Waals surface area contributed by atoms with Crippen LogP contribution in [-0.4, -0.2) is 36.7 Å². The van der Waals surface area contributed by atoms with Crippen molar-refractivity contribution in [1.29, 1.82) is 0 Å². The molecule has 3 heterocycles. The number of hydrogen-bond acceptors (Lipinski definition) is 8. The Balaban J connectivity index is 1.61. The molecule has 2 amide bonds. The minimum Gasteiger partial charge on any atom is -0.364 e. The summed E-state index contributed by atoms with van der Waals surface area (Å²) >= 11 is 7.60. The van der Waals surface area contributed by atoms with Crippen molar-refractivity contribution in [2.24, 2.45) is 0 Å². The van der Waals surface area contributed by atoms with Gasteiger partial charge in [-0.3, -0.25) is 14.4 Å². The van der Waals surface area contributed by atoms with Gasteiger partial charge in [0.25, 0.3) is 11.8 Å². The predicted molar refractivity (Wildman–Crippen MR) is 147 cm³/mol. The first kappa shape index (κ1) is 27.2. The summed E-state index contributed by atoms with van der Waals surface area (Å²) in [4.78, 5) is 43.5. The first-order chi connectivity index (χ1) is 19.2. The van der Waals surface area contributed by atoms with E-state index >= 15 is 0 Å². The molecule has 0 aliphatic heterocycles. The van der Waals surface area contributed by atoms with Crippen molar-refractivity contribution < 1.29 is 23.3 Å². The van der Waals surface area contributed by atoms with Gasteiger partial charge in [0.1, 0.15) is 23.6 Å². The van der Waals surface area contributed by atoms with Crippen LogP contribution in [0.5, 0.6) is 0 Å². The highest BCUT2D eigenvalue weighted by atomic mass is 35.5. The van der Waals surface area contributed by atoms with E-state index < -0.39 is 23.5 Å². The van der Waals surface area contributed by atoms with Crippen LogP contribution in [0.1, 0.15) is 57.7 Å². The van der Waals surface area contributed by atoms with Crippen LogP contribution in [0.3, 0.4) is 0 Å². The van der Waals surface area contributed by atoms with Crippen molar-refractivity contribution in [3.8, 4) is 0 Å². The first-order valence-corrected chi connectivity index (χ1v) is 13.2. The third kappa shape index (κ3) is 5.49. The lowest BCUT2D eigenvalue weighted by atomic mass is 9.96. The second kappa shape index (κ2) is 11.4. The highest BCUT2D eigenvalue weighted by Gasteiger charge is 2.30. The molecule has 0 unspecified atom stereocenters. The van der Waals surface area contributed by atoms with E-state index in [9.17, 15) is 18.8 Å². The Bertz CT molecular complexity index is 1730. The van der Waals surface area contributed by atoms with E-state index in [0.717, 1.165) is 4.70 Å². The third-order valence-electron chi connectivity index (χ3n) is 6.19. The van der Waals surface area contributed by atoms with Gasteiger partial charge in [0.2, 0.25) is 5.82 Å². The fourth-order valence-electron chi connectivity index (χ4n) is 4.34. The number of anilines is 1. The summed E-state index contributed by atoms with van der Waals surface area (Å²) in [7, 11) is 0. The lowest BCUT2D eigenvalue weighted by Crippen LogP contribution is -2.28. The topological polar surface area (TPSA) is 132 Å². The summed E-state index contributed by atoms with van der Waals surface area (Å²) in [5, 5.41) is 10.0. The minimum atomic E-state index is -0.683. The molecule has 0 spiro atoms. The van der Waals surface area contributed by atoms with Gasteiger partial charge in [-0.05, 0) is 48.3 Å². The van der Waals surface area contributed by atoms with Gasteiger partial charge < -0.3 is 19.7 Å². The Morgan fingerprint density at radius 3 is 2.73 bits per heavy atom. The number of fused-ring (bicyclic) bond motifs is 1. The number of imidazole rings is 1. The molecule has 2 N–H and O–H groups in total. The average molecular weight is 581 g/mol. The lowest BCUT2D eigenvalue weighted by Gasteiger charge is -2.19. The quantitative estimate of drug-likeness (QED) is 0.245. The van der Waals surface area contributed by atoms with Gasteiger partial charge in [0.15, 0.2) is 5.82 Å². The molecule has 0 aliphatic rings. The number of amides is 2. The summed E-state index contributed by atoms with van der Waals surface area (Å²) in [5.74, 6) is -2.74. The van der Waals surface area contributed by atoms with Gasteiger partial charge >= 0.3 is 0 Å². The Labute approximate surface area is 236 Å². The highest BCUT2D eigenvalue weighted by molar-refractivity contribution is 7.13. The molecule has 2 aromatic carbocycles. The second-order valence-electron chi connectivity index (χ2n) is 9.04. The van der Waals surface area contributed by atoms with E-state index in [2.05, 4.69) is 25.1 Å².